The van der Waals surface area contributed by atoms with Crippen molar-refractivity contribution in [2.75, 3.05) is 11.9 Å². The highest BCUT2D eigenvalue weighted by Gasteiger charge is 2.38. The van der Waals surface area contributed by atoms with E-state index in [4.69, 9.17) is 4.74 Å². The van der Waals surface area contributed by atoms with E-state index in [0.29, 0.717) is 11.3 Å². The normalized spacial score (nSPS) is 17.7. The summed E-state index contributed by atoms with van der Waals surface area (Å²) < 4.78 is 5.34. The van der Waals surface area contributed by atoms with Crippen molar-refractivity contribution in [1.29, 1.82) is 0 Å². The van der Waals surface area contributed by atoms with Crippen LogP contribution >= 0.6 is 0 Å². The molecule has 0 saturated carbocycles. The molecule has 1 heterocycles. The summed E-state index contributed by atoms with van der Waals surface area (Å²) in [7, 11) is 0. The topological polar surface area (TPSA) is 92.8 Å². The Morgan fingerprint density at radius 2 is 1.68 bits per heavy atom. The van der Waals surface area contributed by atoms with Gasteiger partial charge in [-0.1, -0.05) is 42.5 Å². The largest absolute Gasteiger partial charge is 0.452 e. The van der Waals surface area contributed by atoms with Crippen molar-refractivity contribution in [1.82, 2.24) is 4.90 Å². The smallest absolute Gasteiger partial charge is 0.312 e. The lowest BCUT2D eigenvalue weighted by Gasteiger charge is -2.25. The number of nitrogens with one attached hydrogen (secondary N) is 1. The van der Waals surface area contributed by atoms with Crippen molar-refractivity contribution in [2.24, 2.45) is 5.92 Å². The molecule has 2 aromatic carbocycles. The fourth-order valence-electron chi connectivity index (χ4n) is 3.63. The third-order valence-electron chi connectivity index (χ3n) is 5.47. The molecule has 0 bridgehead atoms. The molecule has 0 aromatic heterocycles. The van der Waals surface area contributed by atoms with Gasteiger partial charge < -0.3 is 15.0 Å². The highest BCUT2D eigenvalue weighted by molar-refractivity contribution is 6.04. The quantitative estimate of drug-likeness (QED) is 0.546. The lowest BCUT2D eigenvalue weighted by Crippen LogP contribution is -2.34. The van der Waals surface area contributed by atoms with Gasteiger partial charge in [0.2, 0.25) is 5.91 Å². The number of amides is 2. The second-order valence-electron chi connectivity index (χ2n) is 7.70. The predicted molar refractivity (Wildman–Crippen MR) is 115 cm³/mol. The van der Waals surface area contributed by atoms with E-state index >= 15 is 0 Å². The maximum Gasteiger partial charge on any atom is 0.312 e. The molecular weight excluding hydrogens is 396 g/mol. The average molecular weight is 422 g/mol. The van der Waals surface area contributed by atoms with Crippen LogP contribution < -0.4 is 5.32 Å². The minimum absolute atomic E-state index is 0.0531. The van der Waals surface area contributed by atoms with E-state index in [9.17, 15) is 19.2 Å². The number of carbonyl (C=O) groups excluding carboxylic acids is 4. The van der Waals surface area contributed by atoms with Crippen molar-refractivity contribution in [2.45, 2.75) is 39.3 Å². The molecule has 1 saturated heterocycles. The van der Waals surface area contributed by atoms with Gasteiger partial charge in [0.25, 0.3) is 5.91 Å². The molecule has 1 N–H and O–H groups in total. The van der Waals surface area contributed by atoms with Gasteiger partial charge in [-0.2, -0.15) is 0 Å². The molecule has 0 aliphatic carbocycles. The zero-order valence-corrected chi connectivity index (χ0v) is 17.8. The van der Waals surface area contributed by atoms with Crippen molar-refractivity contribution >= 4 is 29.3 Å². The Hall–Kier alpha value is -3.48. The number of hydrogen-bond donors (Lipinski definition) is 1. The standard InChI is InChI=1S/C24H26N2O5/c1-15(18-9-5-4-6-10-18)26-14-19(13-22(26)28)24(30)31-17(3)23(29)25-21-12-8-7-11-20(21)16(2)27/h4-12,15,17,19H,13-14H2,1-3H3,(H,25,29)/t15-,17+,19+/m1/s1. The van der Waals surface area contributed by atoms with Crippen LogP contribution in [0, 0.1) is 5.92 Å². The first-order valence-electron chi connectivity index (χ1n) is 10.2. The van der Waals surface area contributed by atoms with Gasteiger partial charge >= 0.3 is 5.97 Å². The summed E-state index contributed by atoms with van der Waals surface area (Å²) in [5, 5.41) is 2.63. The number of ether oxygens (including phenoxy) is 1. The number of anilines is 1. The van der Waals surface area contributed by atoms with Gasteiger partial charge in [-0.25, -0.2) is 0 Å². The number of rotatable bonds is 7. The van der Waals surface area contributed by atoms with Crippen LogP contribution in [0.2, 0.25) is 0 Å². The van der Waals surface area contributed by atoms with E-state index in [0.717, 1.165) is 5.56 Å². The van der Waals surface area contributed by atoms with Crippen LogP contribution in [0.15, 0.2) is 54.6 Å². The van der Waals surface area contributed by atoms with Gasteiger partial charge in [-0.05, 0) is 38.5 Å². The minimum Gasteiger partial charge on any atom is -0.452 e. The monoisotopic (exact) mass is 422 g/mol. The van der Waals surface area contributed by atoms with Crippen LogP contribution in [0.3, 0.4) is 0 Å². The van der Waals surface area contributed by atoms with Crippen LogP contribution in [0.5, 0.6) is 0 Å². The molecular formula is C24H26N2O5. The highest BCUT2D eigenvalue weighted by atomic mass is 16.5. The van der Waals surface area contributed by atoms with E-state index in [-0.39, 0.29) is 30.7 Å². The zero-order chi connectivity index (χ0) is 22.5. The SMILES string of the molecule is CC(=O)c1ccccc1NC(=O)[C@H](C)OC(=O)[C@H]1CC(=O)N([C@H](C)c2ccccc2)C1. The van der Waals surface area contributed by atoms with Crippen LogP contribution in [0.1, 0.15) is 49.2 Å². The van der Waals surface area contributed by atoms with Crippen LogP contribution in [-0.4, -0.2) is 41.1 Å². The van der Waals surface area contributed by atoms with Gasteiger partial charge in [0.1, 0.15) is 0 Å². The molecule has 2 amide bonds. The van der Waals surface area contributed by atoms with E-state index in [1.54, 1.807) is 29.2 Å². The van der Waals surface area contributed by atoms with Crippen molar-refractivity contribution in [3.8, 4) is 0 Å². The Labute approximate surface area is 181 Å². The van der Waals surface area contributed by atoms with Gasteiger partial charge in [0.15, 0.2) is 11.9 Å². The van der Waals surface area contributed by atoms with Crippen molar-refractivity contribution < 1.29 is 23.9 Å². The van der Waals surface area contributed by atoms with Crippen molar-refractivity contribution in [3.63, 3.8) is 0 Å². The van der Waals surface area contributed by atoms with E-state index in [2.05, 4.69) is 5.32 Å². The number of nitrogens with zero attached hydrogens (tertiary/aromatic N) is 1. The van der Waals surface area contributed by atoms with Crippen LogP contribution in [0.25, 0.3) is 0 Å². The number of esters is 1. The van der Waals surface area contributed by atoms with Gasteiger partial charge in [0.05, 0.1) is 17.6 Å². The van der Waals surface area contributed by atoms with Gasteiger partial charge in [0, 0.05) is 18.5 Å². The number of hydrogen-bond acceptors (Lipinski definition) is 5. The maximum atomic E-state index is 12.6. The molecule has 1 aliphatic heterocycles. The molecule has 1 fully saturated rings. The van der Waals surface area contributed by atoms with E-state index in [1.807, 2.05) is 37.3 Å². The summed E-state index contributed by atoms with van der Waals surface area (Å²) in [5.41, 5.74) is 1.73. The number of para-hydroxylation sites is 1. The second kappa shape index (κ2) is 9.55. The Morgan fingerprint density at radius 1 is 1.03 bits per heavy atom. The summed E-state index contributed by atoms with van der Waals surface area (Å²) in [6, 6.07) is 16.1. The molecule has 7 heteroatoms. The van der Waals surface area contributed by atoms with Gasteiger partial charge in [-0.15, -0.1) is 0 Å². The first-order chi connectivity index (χ1) is 14.8. The third kappa shape index (κ3) is 5.17. The first-order valence-corrected chi connectivity index (χ1v) is 10.2. The molecule has 0 spiro atoms. The molecule has 3 rings (SSSR count). The predicted octanol–water partition coefficient (Wildman–Crippen LogP) is 3.37. The molecule has 2 aromatic rings. The van der Waals surface area contributed by atoms with Crippen LogP contribution in [0.4, 0.5) is 5.69 Å². The number of benzene rings is 2. The molecule has 162 valence electrons. The van der Waals surface area contributed by atoms with Gasteiger partial charge in [-0.3, -0.25) is 19.2 Å². The maximum absolute atomic E-state index is 12.6. The lowest BCUT2D eigenvalue weighted by molar-refractivity contribution is -0.157. The Morgan fingerprint density at radius 3 is 2.35 bits per heavy atom. The summed E-state index contributed by atoms with van der Waals surface area (Å²) in [6.07, 6.45) is -1.01. The third-order valence-corrected chi connectivity index (χ3v) is 5.47. The number of Topliss-reactive ketones (excluding diaryl/α,β-unsaturated/α-hetero) is 1. The highest BCUT2D eigenvalue weighted by Crippen LogP contribution is 2.29. The minimum atomic E-state index is -1.07. The number of likely N-dealkylation sites (tertiary alicyclic amines) is 1. The summed E-state index contributed by atoms with van der Waals surface area (Å²) in [4.78, 5) is 50.9. The molecule has 3 atom stereocenters. The Bertz CT molecular complexity index is 988. The number of ketones is 1. The van der Waals surface area contributed by atoms with Crippen LogP contribution in [-0.2, 0) is 19.1 Å². The number of carbonyl (C=O) groups is 4. The second-order valence-corrected chi connectivity index (χ2v) is 7.70. The Balaban J connectivity index is 1.59. The molecule has 1 aliphatic rings. The summed E-state index contributed by atoms with van der Waals surface area (Å²) >= 11 is 0. The van der Waals surface area contributed by atoms with E-state index < -0.39 is 23.9 Å². The molecule has 31 heavy (non-hydrogen) atoms. The average Bonchev–Trinajstić information content (AvgIpc) is 3.15. The molecule has 0 unspecified atom stereocenters. The zero-order valence-electron chi connectivity index (χ0n) is 17.8. The first kappa shape index (κ1) is 22.2. The Kier molecular flexibility index (Phi) is 6.84. The fourth-order valence-corrected chi connectivity index (χ4v) is 3.63. The fraction of sp³-hybridized carbons (Fsp3) is 0.333. The molecule has 0 radical (unpaired) electrons. The lowest BCUT2D eigenvalue weighted by atomic mass is 10.1. The summed E-state index contributed by atoms with van der Waals surface area (Å²) in [6.45, 7) is 5.04. The molecule has 7 nitrogen and oxygen atoms in total. The summed E-state index contributed by atoms with van der Waals surface area (Å²) in [5.74, 6) is -2.05. The van der Waals surface area contributed by atoms with E-state index in [1.165, 1.54) is 13.8 Å². The van der Waals surface area contributed by atoms with Crippen molar-refractivity contribution in [3.05, 3.63) is 65.7 Å².